The molecule has 5 rings (SSSR count). The minimum atomic E-state index is -0.432. The highest BCUT2D eigenvalue weighted by molar-refractivity contribution is 7.13. The molecule has 6 nitrogen and oxygen atoms in total. The van der Waals surface area contributed by atoms with Crippen LogP contribution in [0.1, 0.15) is 70.9 Å². The van der Waals surface area contributed by atoms with Gasteiger partial charge in [-0.3, -0.25) is 10.1 Å². The molecule has 0 saturated heterocycles. The Kier molecular flexibility index (Phi) is 5.38. The summed E-state index contributed by atoms with van der Waals surface area (Å²) in [6.45, 7) is 7.05. The molecular weight excluding hydrogens is 422 g/mol. The molecule has 2 amide bonds. The van der Waals surface area contributed by atoms with E-state index in [1.807, 2.05) is 18.0 Å². The van der Waals surface area contributed by atoms with Crippen molar-refractivity contribution in [1.82, 2.24) is 9.88 Å². The average molecular weight is 458 g/mol. The maximum atomic E-state index is 12.3. The fraction of sp³-hybridized carbons (Fsp3) is 0.720. The molecule has 0 spiro atoms. The molecule has 0 bridgehead atoms. The Hall–Kier alpha value is -1.89. The molecule has 0 unspecified atom stereocenters. The number of thiazole rings is 1. The summed E-state index contributed by atoms with van der Waals surface area (Å²) in [6.07, 6.45) is 10.8. The lowest BCUT2D eigenvalue weighted by Gasteiger charge is -2.60. The van der Waals surface area contributed by atoms with Crippen LogP contribution in [0.2, 0.25) is 0 Å². The van der Waals surface area contributed by atoms with E-state index in [1.54, 1.807) is 6.92 Å². The van der Waals surface area contributed by atoms with Crippen molar-refractivity contribution in [2.45, 2.75) is 71.3 Å². The first-order valence-corrected chi connectivity index (χ1v) is 13.0. The normalized spacial score (nSPS) is 40.4. The second-order valence-electron chi connectivity index (χ2n) is 10.7. The fourth-order valence-corrected chi connectivity index (χ4v) is 8.73. The van der Waals surface area contributed by atoms with Crippen molar-refractivity contribution in [2.75, 3.05) is 19.0 Å². The molecule has 0 radical (unpaired) electrons. The first-order valence-electron chi connectivity index (χ1n) is 12.1. The van der Waals surface area contributed by atoms with Crippen LogP contribution in [0.4, 0.5) is 9.93 Å². The molecule has 1 N–H and O–H groups in total. The van der Waals surface area contributed by atoms with E-state index in [0.717, 1.165) is 12.1 Å². The van der Waals surface area contributed by atoms with Crippen LogP contribution in [-0.4, -0.2) is 41.6 Å². The topological polar surface area (TPSA) is 71.5 Å². The van der Waals surface area contributed by atoms with Crippen molar-refractivity contribution >= 4 is 28.5 Å². The smallest absolute Gasteiger partial charge is 0.413 e. The lowest BCUT2D eigenvalue weighted by molar-refractivity contribution is -0.138. The van der Waals surface area contributed by atoms with Crippen LogP contribution in [0.3, 0.4) is 0 Å². The van der Waals surface area contributed by atoms with Gasteiger partial charge in [-0.05, 0) is 74.7 Å². The molecule has 3 aliphatic carbocycles. The number of hydrogen-bond donors (Lipinski definition) is 1. The molecule has 4 aliphatic rings. The zero-order chi connectivity index (χ0) is 22.7. The number of fused-ring (bicyclic) bond motifs is 5. The number of carbonyl (C=O) groups is 2. The van der Waals surface area contributed by atoms with Gasteiger partial charge in [-0.25, -0.2) is 9.78 Å². The monoisotopic (exact) mass is 457 g/mol. The highest BCUT2D eigenvalue weighted by Gasteiger charge is 2.60. The second kappa shape index (κ2) is 7.86. The van der Waals surface area contributed by atoms with Gasteiger partial charge in [-0.2, -0.15) is 0 Å². The van der Waals surface area contributed by atoms with Gasteiger partial charge < -0.3 is 9.64 Å². The van der Waals surface area contributed by atoms with Crippen molar-refractivity contribution in [1.29, 1.82) is 0 Å². The Morgan fingerprint density at radius 1 is 1.25 bits per heavy atom. The molecule has 1 aromatic rings. The number of hydrogen-bond acceptors (Lipinski definition) is 5. The van der Waals surface area contributed by atoms with Crippen LogP contribution in [0.15, 0.2) is 17.5 Å². The predicted octanol–water partition coefficient (Wildman–Crippen LogP) is 5.43. The number of nitrogens with zero attached hydrogens (tertiary/aromatic N) is 2. The number of likely N-dealkylation sites (N-methyl/N-ethyl adjacent to an activating group) is 1. The van der Waals surface area contributed by atoms with Gasteiger partial charge in [0, 0.05) is 29.8 Å². The number of ether oxygens (including phenoxy) is 1. The minimum Gasteiger partial charge on any atom is -0.450 e. The van der Waals surface area contributed by atoms with E-state index in [-0.39, 0.29) is 16.7 Å². The zero-order valence-electron chi connectivity index (χ0n) is 19.6. The molecule has 3 fully saturated rings. The van der Waals surface area contributed by atoms with Crippen LogP contribution in [-0.2, 0) is 9.53 Å². The Morgan fingerprint density at radius 3 is 2.84 bits per heavy atom. The zero-order valence-corrected chi connectivity index (χ0v) is 20.4. The lowest BCUT2D eigenvalue weighted by Crippen LogP contribution is -2.59. The fourth-order valence-electron chi connectivity index (χ4n) is 7.98. The molecule has 2 heterocycles. The molecule has 174 valence electrons. The Bertz CT molecular complexity index is 945. The average Bonchev–Trinajstić information content (AvgIpc) is 3.34. The van der Waals surface area contributed by atoms with E-state index in [9.17, 15) is 9.59 Å². The Labute approximate surface area is 194 Å². The van der Waals surface area contributed by atoms with Gasteiger partial charge in [0.2, 0.25) is 5.91 Å². The van der Waals surface area contributed by atoms with Crippen LogP contribution in [0.25, 0.3) is 0 Å². The van der Waals surface area contributed by atoms with E-state index < -0.39 is 6.09 Å². The van der Waals surface area contributed by atoms with Gasteiger partial charge in [-0.1, -0.05) is 19.9 Å². The van der Waals surface area contributed by atoms with E-state index in [0.29, 0.717) is 41.5 Å². The van der Waals surface area contributed by atoms with E-state index >= 15 is 0 Å². The number of anilines is 1. The maximum Gasteiger partial charge on any atom is 0.413 e. The van der Waals surface area contributed by atoms with Gasteiger partial charge in [0.1, 0.15) is 0 Å². The third-order valence-electron chi connectivity index (χ3n) is 9.49. The number of nitrogens with one attached hydrogen (secondary N) is 1. The molecule has 1 aromatic heterocycles. The first kappa shape index (κ1) is 21.9. The summed E-state index contributed by atoms with van der Waals surface area (Å²) in [5.41, 5.74) is 1.47. The number of amides is 2. The highest BCUT2D eigenvalue weighted by Crippen LogP contribution is 2.67. The Balaban J connectivity index is 1.37. The molecule has 32 heavy (non-hydrogen) atoms. The van der Waals surface area contributed by atoms with Crippen LogP contribution < -0.4 is 5.32 Å². The summed E-state index contributed by atoms with van der Waals surface area (Å²) < 4.78 is 5.00. The third-order valence-corrected chi connectivity index (χ3v) is 10.3. The van der Waals surface area contributed by atoms with Crippen molar-refractivity contribution in [3.8, 4) is 0 Å². The number of carbonyl (C=O) groups excluding carboxylic acids is 2. The van der Waals surface area contributed by atoms with Gasteiger partial charge in [0.15, 0.2) is 5.13 Å². The number of rotatable bonds is 3. The molecular formula is C25H35N3O3S. The predicted molar refractivity (Wildman–Crippen MR) is 126 cm³/mol. The van der Waals surface area contributed by atoms with Crippen LogP contribution in [0, 0.1) is 28.6 Å². The summed E-state index contributed by atoms with van der Waals surface area (Å²) >= 11 is 1.50. The molecule has 1 aliphatic heterocycles. The minimum absolute atomic E-state index is 0.0857. The number of aromatic nitrogens is 1. The lowest BCUT2D eigenvalue weighted by atomic mass is 9.47. The van der Waals surface area contributed by atoms with E-state index in [2.05, 4.69) is 30.6 Å². The third kappa shape index (κ3) is 3.22. The summed E-state index contributed by atoms with van der Waals surface area (Å²) in [6, 6.07) is 0.331. The summed E-state index contributed by atoms with van der Waals surface area (Å²) in [7, 11) is 1.98. The molecule has 3 saturated carbocycles. The quantitative estimate of drug-likeness (QED) is 0.656. The summed E-state index contributed by atoms with van der Waals surface area (Å²) in [5, 5.41) is 5.53. The van der Waals surface area contributed by atoms with Crippen LogP contribution >= 0.6 is 11.3 Å². The van der Waals surface area contributed by atoms with Gasteiger partial charge in [0.25, 0.3) is 0 Å². The van der Waals surface area contributed by atoms with Crippen molar-refractivity contribution < 1.29 is 14.3 Å². The first-order chi connectivity index (χ1) is 15.3. The van der Waals surface area contributed by atoms with Crippen LogP contribution in [0.5, 0.6) is 0 Å². The van der Waals surface area contributed by atoms with Gasteiger partial charge in [-0.15, -0.1) is 11.3 Å². The standard InChI is InChI=1S/C25H35N3O3S/c1-5-31-23(30)27-22-26-19(14-32-22)18-8-7-16-15-6-9-20-25(3,13-11-21(29)28(20)4)17(15)10-12-24(16,18)2/h11,13-18,20H,5-10,12H2,1-4H3,(H,26,27,30)/t15-,16-,17-,18+,20+,24-,25+/m0/s1. The van der Waals surface area contributed by atoms with Crippen molar-refractivity contribution in [3.63, 3.8) is 0 Å². The van der Waals surface area contributed by atoms with Crippen molar-refractivity contribution in [2.24, 2.45) is 28.6 Å². The summed E-state index contributed by atoms with van der Waals surface area (Å²) in [4.78, 5) is 30.9. The Morgan fingerprint density at radius 2 is 2.06 bits per heavy atom. The summed E-state index contributed by atoms with van der Waals surface area (Å²) in [5.74, 6) is 2.65. The van der Waals surface area contributed by atoms with Gasteiger partial charge in [0.05, 0.1) is 12.3 Å². The SMILES string of the molecule is CCOC(=O)Nc1nc([C@H]2CC[C@H]3[C@@H]4CC[C@H]5N(C)C(=O)C=C[C@]5(C)[C@H]4CC[C@]23C)cs1. The largest absolute Gasteiger partial charge is 0.450 e. The second-order valence-corrected chi connectivity index (χ2v) is 11.6. The molecule has 0 aromatic carbocycles. The van der Waals surface area contributed by atoms with Gasteiger partial charge >= 0.3 is 6.09 Å². The van der Waals surface area contributed by atoms with E-state index in [4.69, 9.17) is 9.72 Å². The molecule has 7 atom stereocenters. The maximum absolute atomic E-state index is 12.3. The highest BCUT2D eigenvalue weighted by atomic mass is 32.1. The van der Waals surface area contributed by atoms with E-state index in [1.165, 1.54) is 43.4 Å². The molecule has 7 heteroatoms. The van der Waals surface area contributed by atoms with Crippen molar-refractivity contribution in [3.05, 3.63) is 23.2 Å².